The van der Waals surface area contributed by atoms with Gasteiger partial charge < -0.3 is 42.0 Å². The first-order valence-electron chi connectivity index (χ1n) is 10.0. The molecule has 0 radical (unpaired) electrons. The van der Waals surface area contributed by atoms with Gasteiger partial charge in [0.05, 0.1) is 18.6 Å². The fourth-order valence-electron chi connectivity index (χ4n) is 3.13. The zero-order valence-electron chi connectivity index (χ0n) is 16.8. The summed E-state index contributed by atoms with van der Waals surface area (Å²) in [7, 11) is 0. The molecular formula is C18H34N6O5. The molecule has 29 heavy (non-hydrogen) atoms. The molecule has 1 aliphatic heterocycles. The molecule has 0 aromatic heterocycles. The molecule has 1 heterocycles. The second kappa shape index (κ2) is 13.9. The number of aliphatic hydroxyl groups excluding tert-OH is 1. The van der Waals surface area contributed by atoms with Gasteiger partial charge >= 0.3 is 0 Å². The normalized spacial score (nSPS) is 17.4. The van der Waals surface area contributed by atoms with E-state index in [1.165, 1.54) is 4.90 Å². The Morgan fingerprint density at radius 3 is 2.59 bits per heavy atom. The Morgan fingerprint density at radius 1 is 1.24 bits per heavy atom. The average Bonchev–Trinajstić information content (AvgIpc) is 2.69. The molecule has 1 aliphatic rings. The first-order valence-corrected chi connectivity index (χ1v) is 10.0. The van der Waals surface area contributed by atoms with Crippen LogP contribution in [0.25, 0.3) is 0 Å². The number of hydrogen-bond acceptors (Lipinski definition) is 7. The molecule has 2 atom stereocenters. The number of amides is 2. The van der Waals surface area contributed by atoms with Gasteiger partial charge in [-0.25, -0.2) is 0 Å². The number of aldehydes is 1. The van der Waals surface area contributed by atoms with E-state index >= 15 is 0 Å². The number of hydrogen-bond donors (Lipinski definition) is 6. The molecular weight excluding hydrogens is 380 g/mol. The van der Waals surface area contributed by atoms with Gasteiger partial charge in [-0.2, -0.15) is 0 Å². The van der Waals surface area contributed by atoms with Crippen LogP contribution >= 0.6 is 0 Å². The van der Waals surface area contributed by atoms with E-state index in [1.54, 1.807) is 0 Å². The van der Waals surface area contributed by atoms with Gasteiger partial charge in [0, 0.05) is 13.1 Å². The number of aliphatic hydroxyl groups is 2. The quantitative estimate of drug-likeness (QED) is 0.0644. The predicted octanol–water partition coefficient (Wildman–Crippen LogP) is -2.21. The number of carbonyl (C=O) groups is 3. The fraction of sp³-hybridized carbons (Fsp3) is 0.778. The molecule has 11 nitrogen and oxygen atoms in total. The molecule has 2 amide bonds. The van der Waals surface area contributed by atoms with Crippen LogP contribution in [0.5, 0.6) is 0 Å². The highest BCUT2D eigenvalue weighted by Crippen LogP contribution is 2.11. The van der Waals surface area contributed by atoms with Crippen molar-refractivity contribution >= 4 is 24.1 Å². The van der Waals surface area contributed by atoms with E-state index in [2.05, 4.69) is 15.6 Å². The SMILES string of the molecule is NC(N)=NCCC[C@@H](C=O)NC(=O)CN(CCCC(O)O)C(=O)C1CCCCN1. The molecule has 1 unspecified atom stereocenters. The van der Waals surface area contributed by atoms with Gasteiger partial charge in [0.15, 0.2) is 12.2 Å². The summed E-state index contributed by atoms with van der Waals surface area (Å²) >= 11 is 0. The second-order valence-corrected chi connectivity index (χ2v) is 7.14. The average molecular weight is 415 g/mol. The Bertz CT molecular complexity index is 547. The summed E-state index contributed by atoms with van der Waals surface area (Å²) in [5.74, 6) is -0.671. The van der Waals surface area contributed by atoms with Crippen molar-refractivity contribution in [2.75, 3.05) is 26.2 Å². The van der Waals surface area contributed by atoms with Crippen molar-refractivity contribution in [2.45, 2.75) is 63.3 Å². The summed E-state index contributed by atoms with van der Waals surface area (Å²) < 4.78 is 0. The lowest BCUT2D eigenvalue weighted by molar-refractivity contribution is -0.139. The van der Waals surface area contributed by atoms with Crippen LogP contribution in [0.3, 0.4) is 0 Å². The minimum Gasteiger partial charge on any atom is -0.370 e. The standard InChI is InChI=1S/C18H34N6O5/c19-18(20)22-9-3-5-13(12-25)23-15(26)11-24(10-4-7-16(27)28)17(29)14-6-1-2-8-21-14/h12-14,16,21,27-28H,1-11H2,(H,23,26)(H4,19,20,22)/t13-,14?/m0/s1. The first kappa shape index (κ1) is 24.8. The van der Waals surface area contributed by atoms with Gasteiger partial charge in [0.1, 0.15) is 6.29 Å². The summed E-state index contributed by atoms with van der Waals surface area (Å²) in [5.41, 5.74) is 10.5. The number of nitrogens with zero attached hydrogens (tertiary/aromatic N) is 2. The monoisotopic (exact) mass is 414 g/mol. The van der Waals surface area contributed by atoms with Crippen molar-refractivity contribution in [2.24, 2.45) is 16.5 Å². The molecule has 0 aliphatic carbocycles. The summed E-state index contributed by atoms with van der Waals surface area (Å²) in [5, 5.41) is 23.8. The Labute approximate surface area is 170 Å². The number of piperidine rings is 1. The lowest BCUT2D eigenvalue weighted by atomic mass is 10.0. The van der Waals surface area contributed by atoms with Crippen LogP contribution in [0, 0.1) is 0 Å². The van der Waals surface area contributed by atoms with Crippen LogP contribution in [-0.2, 0) is 14.4 Å². The van der Waals surface area contributed by atoms with E-state index in [1.807, 2.05) is 0 Å². The molecule has 0 bridgehead atoms. The van der Waals surface area contributed by atoms with Crippen molar-refractivity contribution in [3.8, 4) is 0 Å². The molecule has 11 heteroatoms. The molecule has 166 valence electrons. The minimum absolute atomic E-state index is 0.0323. The highest BCUT2D eigenvalue weighted by Gasteiger charge is 2.27. The Balaban J connectivity index is 2.59. The first-order chi connectivity index (χ1) is 13.8. The third-order valence-electron chi connectivity index (χ3n) is 4.62. The third kappa shape index (κ3) is 10.8. The topological polar surface area (TPSA) is 183 Å². The lowest BCUT2D eigenvalue weighted by Gasteiger charge is -2.30. The van der Waals surface area contributed by atoms with E-state index in [-0.39, 0.29) is 37.4 Å². The van der Waals surface area contributed by atoms with E-state index in [4.69, 9.17) is 21.7 Å². The van der Waals surface area contributed by atoms with Crippen molar-refractivity contribution < 1.29 is 24.6 Å². The van der Waals surface area contributed by atoms with E-state index in [0.29, 0.717) is 38.5 Å². The van der Waals surface area contributed by atoms with Gasteiger partial charge in [-0.05, 0) is 45.1 Å². The number of guanidine groups is 1. The molecule has 0 saturated carbocycles. The fourth-order valence-corrected chi connectivity index (χ4v) is 3.13. The summed E-state index contributed by atoms with van der Waals surface area (Å²) in [6.45, 7) is 1.12. The second-order valence-electron chi connectivity index (χ2n) is 7.14. The molecule has 0 spiro atoms. The van der Waals surface area contributed by atoms with Crippen LogP contribution in [0.4, 0.5) is 0 Å². The van der Waals surface area contributed by atoms with Crippen LogP contribution in [0.2, 0.25) is 0 Å². The van der Waals surface area contributed by atoms with Crippen molar-refractivity contribution in [3.63, 3.8) is 0 Å². The van der Waals surface area contributed by atoms with E-state index in [0.717, 1.165) is 19.4 Å². The number of aliphatic imine (C=N–C) groups is 1. The molecule has 0 aromatic rings. The van der Waals surface area contributed by atoms with Crippen LogP contribution < -0.4 is 22.1 Å². The Hall–Kier alpha value is -2.24. The van der Waals surface area contributed by atoms with Crippen LogP contribution in [0.15, 0.2) is 4.99 Å². The van der Waals surface area contributed by atoms with Gasteiger partial charge in [-0.3, -0.25) is 14.6 Å². The molecule has 0 aromatic carbocycles. The van der Waals surface area contributed by atoms with Gasteiger partial charge in [0.2, 0.25) is 11.8 Å². The zero-order chi connectivity index (χ0) is 21.6. The highest BCUT2D eigenvalue weighted by atomic mass is 16.5. The maximum Gasteiger partial charge on any atom is 0.240 e. The molecule has 1 rings (SSSR count). The maximum absolute atomic E-state index is 12.8. The molecule has 1 fully saturated rings. The number of nitrogens with one attached hydrogen (secondary N) is 2. The molecule has 1 saturated heterocycles. The maximum atomic E-state index is 12.8. The van der Waals surface area contributed by atoms with Crippen molar-refractivity contribution in [1.29, 1.82) is 0 Å². The van der Waals surface area contributed by atoms with E-state index < -0.39 is 18.2 Å². The third-order valence-corrected chi connectivity index (χ3v) is 4.62. The minimum atomic E-state index is -1.46. The van der Waals surface area contributed by atoms with Gasteiger partial charge in [-0.15, -0.1) is 0 Å². The number of carbonyl (C=O) groups excluding carboxylic acids is 3. The van der Waals surface area contributed by atoms with Gasteiger partial charge in [0.25, 0.3) is 0 Å². The number of rotatable bonds is 13. The van der Waals surface area contributed by atoms with Crippen LogP contribution in [0.1, 0.15) is 44.9 Å². The Kier molecular flexibility index (Phi) is 11.8. The zero-order valence-corrected chi connectivity index (χ0v) is 16.8. The van der Waals surface area contributed by atoms with Crippen LogP contribution in [-0.4, -0.2) is 83.7 Å². The van der Waals surface area contributed by atoms with Crippen molar-refractivity contribution in [1.82, 2.24) is 15.5 Å². The predicted molar refractivity (Wildman–Crippen MR) is 108 cm³/mol. The largest absolute Gasteiger partial charge is 0.370 e. The number of nitrogens with two attached hydrogens (primary N) is 2. The Morgan fingerprint density at radius 2 is 2.00 bits per heavy atom. The van der Waals surface area contributed by atoms with Gasteiger partial charge in [-0.1, -0.05) is 6.42 Å². The smallest absolute Gasteiger partial charge is 0.240 e. The summed E-state index contributed by atoms with van der Waals surface area (Å²) in [6, 6.07) is -1.04. The van der Waals surface area contributed by atoms with E-state index in [9.17, 15) is 14.4 Å². The summed E-state index contributed by atoms with van der Waals surface area (Å²) in [4.78, 5) is 41.7. The highest BCUT2D eigenvalue weighted by molar-refractivity contribution is 5.88. The lowest BCUT2D eigenvalue weighted by Crippen LogP contribution is -2.52. The molecule has 8 N–H and O–H groups in total. The summed E-state index contributed by atoms with van der Waals surface area (Å²) in [6.07, 6.45) is 3.16. The van der Waals surface area contributed by atoms with Crippen molar-refractivity contribution in [3.05, 3.63) is 0 Å².